The van der Waals surface area contributed by atoms with Crippen LogP contribution in [-0.4, -0.2) is 14.9 Å². The van der Waals surface area contributed by atoms with Gasteiger partial charge in [0.2, 0.25) is 5.88 Å². The van der Waals surface area contributed by atoms with Gasteiger partial charge in [0.15, 0.2) is 5.49 Å². The topological polar surface area (TPSA) is 71.1 Å². The first-order valence-electron chi connectivity index (χ1n) is 5.57. The Hall–Kier alpha value is -2.30. The van der Waals surface area contributed by atoms with Gasteiger partial charge in [-0.05, 0) is 32.4 Å². The summed E-state index contributed by atoms with van der Waals surface area (Å²) in [7, 11) is 0. The van der Waals surface area contributed by atoms with Crippen molar-refractivity contribution in [3.63, 3.8) is 0 Å². The fraction of sp³-hybridized carbons (Fsp3) is 0.231. The highest BCUT2D eigenvalue weighted by molar-refractivity contribution is 5.37. The van der Waals surface area contributed by atoms with Gasteiger partial charge >= 0.3 is 0 Å². The van der Waals surface area contributed by atoms with Crippen molar-refractivity contribution >= 4 is 0 Å². The van der Waals surface area contributed by atoms with E-state index >= 15 is 0 Å². The van der Waals surface area contributed by atoms with Crippen molar-refractivity contribution in [2.24, 2.45) is 0 Å². The van der Waals surface area contributed by atoms with Crippen molar-refractivity contribution in [3.8, 4) is 11.6 Å². The lowest BCUT2D eigenvalue weighted by Gasteiger charge is -2.10. The van der Waals surface area contributed by atoms with Gasteiger partial charge in [0.25, 0.3) is 0 Å². The van der Waals surface area contributed by atoms with Gasteiger partial charge in [0.1, 0.15) is 11.6 Å². The van der Waals surface area contributed by atoms with Crippen LogP contribution in [0.25, 0.3) is 0 Å². The number of aromatic nitrogens is 2. The summed E-state index contributed by atoms with van der Waals surface area (Å²) < 4.78 is 6.33. The Bertz CT molecular complexity index is 647. The number of rotatable bonds is 2. The van der Waals surface area contributed by atoms with Crippen molar-refractivity contribution in [3.05, 3.63) is 46.7 Å². The average molecular weight is 245 g/mol. The quantitative estimate of drug-likeness (QED) is 0.797. The largest absolute Gasteiger partial charge is 0.439 e. The number of hydrogen-bond acceptors (Lipinski definition) is 4. The molecule has 5 heteroatoms. The van der Waals surface area contributed by atoms with Crippen LogP contribution in [-0.2, 0) is 0 Å². The van der Waals surface area contributed by atoms with Crippen LogP contribution < -0.4 is 10.2 Å². The van der Waals surface area contributed by atoms with Crippen LogP contribution in [0.1, 0.15) is 17.0 Å². The van der Waals surface area contributed by atoms with E-state index in [0.29, 0.717) is 22.2 Å². The highest BCUT2D eigenvalue weighted by Gasteiger charge is 2.06. The molecule has 1 heterocycles. The van der Waals surface area contributed by atoms with E-state index in [-0.39, 0.29) is 5.49 Å². The van der Waals surface area contributed by atoms with E-state index < -0.39 is 0 Å². The van der Waals surface area contributed by atoms with Gasteiger partial charge in [0, 0.05) is 6.07 Å². The van der Waals surface area contributed by atoms with Crippen molar-refractivity contribution < 1.29 is 9.94 Å². The summed E-state index contributed by atoms with van der Waals surface area (Å²) in [5.41, 5.74) is 2.09. The normalized spacial score (nSPS) is 10.4. The summed E-state index contributed by atoms with van der Waals surface area (Å²) in [5.74, 6) is 1.31. The zero-order valence-corrected chi connectivity index (χ0v) is 10.6. The molecule has 0 atom stereocenters. The van der Waals surface area contributed by atoms with Crippen LogP contribution >= 0.6 is 0 Å². The monoisotopic (exact) mass is 245 g/mol. The second-order valence-corrected chi connectivity index (χ2v) is 4.21. The third-order valence-corrected chi connectivity index (χ3v) is 2.61. The maximum Gasteiger partial charge on any atom is 0.224 e. The Kier molecular flexibility index (Phi) is 3.06. The van der Waals surface area contributed by atoms with Crippen molar-refractivity contribution in [1.82, 2.24) is 9.71 Å². The van der Waals surface area contributed by atoms with Gasteiger partial charge < -0.3 is 9.94 Å². The predicted molar refractivity (Wildman–Crippen MR) is 66.0 cm³/mol. The number of hydrogen-bond donors (Lipinski definition) is 2. The van der Waals surface area contributed by atoms with E-state index in [1.807, 2.05) is 32.0 Å². The number of nitrogens with one attached hydrogen (secondary N) is 1. The number of nitrogens with zero attached hydrogens (tertiary/aromatic N) is 2. The van der Waals surface area contributed by atoms with Gasteiger partial charge in [-0.2, -0.15) is 9.71 Å². The fourth-order valence-corrected chi connectivity index (χ4v) is 1.67. The van der Waals surface area contributed by atoms with Gasteiger partial charge in [-0.1, -0.05) is 17.7 Å². The van der Waals surface area contributed by atoms with Crippen molar-refractivity contribution in [1.29, 1.82) is 5.41 Å². The van der Waals surface area contributed by atoms with E-state index in [9.17, 15) is 5.21 Å². The standard InChI is InChI=1S/C13H15N3O2/c1-8-4-5-11(9(2)6-8)18-13-7-12(14)16(17)10(3)15-13/h4-7,14,17H,1-3H3. The number of aryl methyl sites for hydroxylation is 3. The average Bonchev–Trinajstić information content (AvgIpc) is 2.29. The Morgan fingerprint density at radius 1 is 1.22 bits per heavy atom. The highest BCUT2D eigenvalue weighted by atomic mass is 16.5. The molecular weight excluding hydrogens is 230 g/mol. The highest BCUT2D eigenvalue weighted by Crippen LogP contribution is 2.23. The summed E-state index contributed by atoms with van der Waals surface area (Å²) in [6, 6.07) is 7.20. The lowest BCUT2D eigenvalue weighted by Crippen LogP contribution is -2.20. The third kappa shape index (κ3) is 2.34. The summed E-state index contributed by atoms with van der Waals surface area (Å²) >= 11 is 0. The molecule has 94 valence electrons. The Balaban J connectivity index is 2.37. The molecule has 0 unspecified atom stereocenters. The molecule has 2 rings (SSSR count). The molecule has 0 saturated carbocycles. The van der Waals surface area contributed by atoms with E-state index in [0.717, 1.165) is 11.1 Å². The van der Waals surface area contributed by atoms with Crippen LogP contribution in [0.15, 0.2) is 24.3 Å². The third-order valence-electron chi connectivity index (χ3n) is 2.61. The SMILES string of the molecule is Cc1ccc(Oc2cc(=N)n(O)c(C)n2)c(C)c1. The van der Waals surface area contributed by atoms with E-state index in [1.165, 1.54) is 6.07 Å². The second-order valence-electron chi connectivity index (χ2n) is 4.21. The summed E-state index contributed by atoms with van der Waals surface area (Å²) in [6.07, 6.45) is 0. The lowest BCUT2D eigenvalue weighted by atomic mass is 10.1. The van der Waals surface area contributed by atoms with Crippen LogP contribution in [0.4, 0.5) is 0 Å². The van der Waals surface area contributed by atoms with Crippen LogP contribution in [0, 0.1) is 26.2 Å². The molecule has 2 aromatic rings. The Morgan fingerprint density at radius 3 is 2.56 bits per heavy atom. The molecule has 0 bridgehead atoms. The second kappa shape index (κ2) is 4.52. The zero-order valence-electron chi connectivity index (χ0n) is 10.6. The van der Waals surface area contributed by atoms with Crippen LogP contribution in [0.5, 0.6) is 11.6 Å². The first-order chi connectivity index (χ1) is 8.47. The molecule has 0 aliphatic heterocycles. The molecule has 0 radical (unpaired) electrons. The minimum absolute atomic E-state index is 0.0673. The minimum atomic E-state index is -0.0673. The molecule has 0 amide bonds. The molecule has 5 nitrogen and oxygen atoms in total. The molecule has 18 heavy (non-hydrogen) atoms. The van der Waals surface area contributed by atoms with Crippen molar-refractivity contribution in [2.45, 2.75) is 20.8 Å². The lowest BCUT2D eigenvalue weighted by molar-refractivity contribution is 0.157. The smallest absolute Gasteiger partial charge is 0.224 e. The number of benzene rings is 1. The molecule has 1 aromatic heterocycles. The Morgan fingerprint density at radius 2 is 1.94 bits per heavy atom. The first-order valence-corrected chi connectivity index (χ1v) is 5.57. The van der Waals surface area contributed by atoms with Gasteiger partial charge in [-0.15, -0.1) is 0 Å². The van der Waals surface area contributed by atoms with Gasteiger partial charge in [-0.25, -0.2) is 0 Å². The van der Waals surface area contributed by atoms with Crippen LogP contribution in [0.3, 0.4) is 0 Å². The van der Waals surface area contributed by atoms with E-state index in [2.05, 4.69) is 4.98 Å². The fourth-order valence-electron chi connectivity index (χ4n) is 1.67. The summed E-state index contributed by atoms with van der Waals surface area (Å²) in [5, 5.41) is 16.9. The predicted octanol–water partition coefficient (Wildman–Crippen LogP) is 2.32. The zero-order chi connectivity index (χ0) is 13.3. The van der Waals surface area contributed by atoms with Gasteiger partial charge in [0.05, 0.1) is 0 Å². The molecule has 0 aliphatic rings. The van der Waals surface area contributed by atoms with E-state index in [1.54, 1.807) is 6.92 Å². The summed E-state index contributed by atoms with van der Waals surface area (Å²) in [6.45, 7) is 5.57. The first kappa shape index (κ1) is 12.2. The Labute approximate surface area is 105 Å². The number of ether oxygens (including phenoxy) is 1. The molecule has 0 aliphatic carbocycles. The molecular formula is C13H15N3O2. The minimum Gasteiger partial charge on any atom is -0.439 e. The maximum atomic E-state index is 9.40. The molecule has 1 aromatic carbocycles. The van der Waals surface area contributed by atoms with Crippen molar-refractivity contribution in [2.75, 3.05) is 0 Å². The maximum absolute atomic E-state index is 9.40. The summed E-state index contributed by atoms with van der Waals surface area (Å²) in [4.78, 5) is 4.06. The van der Waals surface area contributed by atoms with E-state index in [4.69, 9.17) is 10.1 Å². The molecule has 0 spiro atoms. The van der Waals surface area contributed by atoms with Crippen LogP contribution in [0.2, 0.25) is 0 Å². The molecule has 0 fully saturated rings. The van der Waals surface area contributed by atoms with Gasteiger partial charge in [-0.3, -0.25) is 5.41 Å². The molecule has 0 saturated heterocycles. The molecule has 2 N–H and O–H groups in total.